The lowest BCUT2D eigenvalue weighted by Crippen LogP contribution is -2.34. The van der Waals surface area contributed by atoms with Gasteiger partial charge in [-0.05, 0) is 38.0 Å². The average Bonchev–Trinajstić information content (AvgIpc) is 3.18. The van der Waals surface area contributed by atoms with E-state index in [4.69, 9.17) is 14.5 Å². The van der Waals surface area contributed by atoms with Crippen molar-refractivity contribution >= 4 is 33.4 Å². The molecule has 0 saturated heterocycles. The van der Waals surface area contributed by atoms with Crippen LogP contribution in [0.4, 0.5) is 0 Å². The first-order valence-electron chi connectivity index (χ1n) is 11.0. The topological polar surface area (TPSA) is 53.4 Å². The predicted molar refractivity (Wildman–Crippen MR) is 135 cm³/mol. The molecule has 0 spiro atoms. The van der Waals surface area contributed by atoms with E-state index in [0.29, 0.717) is 18.5 Å². The molecule has 0 amide bonds. The molecule has 170 valence electrons. The predicted octanol–water partition coefficient (Wildman–Crippen LogP) is 5.64. The zero-order chi connectivity index (χ0) is 23.0. The molecule has 5 nitrogen and oxygen atoms in total. The Kier molecular flexibility index (Phi) is 6.03. The standard InChI is InChI=1S/C26H26N2O3S2/c1-26(2)15-18-21(16-31-26)33-24-22(23(18)29)27-25(32-14-13-17-9-5-4-6-10-17)28(24)19-11-7-8-12-20(19)30-3/h4-12H,13-16H2,1-3H3. The number of rotatable bonds is 6. The number of aromatic nitrogens is 2. The van der Waals surface area contributed by atoms with Crippen LogP contribution in [-0.4, -0.2) is 28.0 Å². The average molecular weight is 479 g/mol. The first-order chi connectivity index (χ1) is 16.0. The molecule has 5 rings (SSSR count). The molecule has 0 atom stereocenters. The smallest absolute Gasteiger partial charge is 0.211 e. The van der Waals surface area contributed by atoms with Crippen LogP contribution in [0.1, 0.15) is 29.9 Å². The Morgan fingerprint density at radius 2 is 1.91 bits per heavy atom. The maximum absolute atomic E-state index is 13.5. The maximum atomic E-state index is 13.5. The van der Waals surface area contributed by atoms with E-state index in [1.807, 2.05) is 44.2 Å². The van der Waals surface area contributed by atoms with Crippen molar-refractivity contribution in [3.05, 3.63) is 80.8 Å². The van der Waals surface area contributed by atoms with Crippen LogP contribution >= 0.6 is 23.1 Å². The van der Waals surface area contributed by atoms with E-state index >= 15 is 0 Å². The summed E-state index contributed by atoms with van der Waals surface area (Å²) in [6, 6.07) is 18.3. The Balaban J connectivity index is 1.63. The molecule has 2 aromatic carbocycles. The maximum Gasteiger partial charge on any atom is 0.211 e. The van der Waals surface area contributed by atoms with Crippen molar-refractivity contribution in [1.82, 2.24) is 9.55 Å². The molecule has 0 radical (unpaired) electrons. The van der Waals surface area contributed by atoms with Gasteiger partial charge in [0.2, 0.25) is 5.43 Å². The van der Waals surface area contributed by atoms with Crippen molar-refractivity contribution in [2.75, 3.05) is 12.9 Å². The summed E-state index contributed by atoms with van der Waals surface area (Å²) in [5.41, 5.74) is 3.22. The molecular formula is C26H26N2O3S2. The SMILES string of the molecule is COc1ccccc1-n1c(SCCc2ccccc2)nc2c(=O)c3c(sc21)COC(C)(C)C3. The highest BCUT2D eigenvalue weighted by Gasteiger charge is 2.31. The van der Waals surface area contributed by atoms with Gasteiger partial charge >= 0.3 is 0 Å². The van der Waals surface area contributed by atoms with E-state index in [2.05, 4.69) is 28.8 Å². The van der Waals surface area contributed by atoms with Crippen molar-refractivity contribution in [2.45, 2.75) is 44.1 Å². The molecule has 1 aliphatic heterocycles. The second kappa shape index (κ2) is 8.97. The summed E-state index contributed by atoms with van der Waals surface area (Å²) in [5.74, 6) is 1.61. The lowest BCUT2D eigenvalue weighted by atomic mass is 9.95. The molecule has 0 saturated carbocycles. The van der Waals surface area contributed by atoms with Gasteiger partial charge in [0.25, 0.3) is 0 Å². The fraction of sp³-hybridized carbons (Fsp3) is 0.308. The van der Waals surface area contributed by atoms with Gasteiger partial charge in [0.05, 0.1) is 25.0 Å². The van der Waals surface area contributed by atoms with Crippen LogP contribution in [0, 0.1) is 0 Å². The number of methoxy groups -OCH3 is 1. The quantitative estimate of drug-likeness (QED) is 0.336. The Morgan fingerprint density at radius 1 is 1.15 bits per heavy atom. The summed E-state index contributed by atoms with van der Waals surface area (Å²) < 4.78 is 13.8. The number of para-hydroxylation sites is 2. The molecule has 4 aromatic rings. The Bertz CT molecular complexity index is 1360. The minimum Gasteiger partial charge on any atom is -0.495 e. The van der Waals surface area contributed by atoms with Crippen LogP contribution in [0.5, 0.6) is 5.75 Å². The third-order valence-electron chi connectivity index (χ3n) is 5.84. The third-order valence-corrected chi connectivity index (χ3v) is 7.96. The van der Waals surface area contributed by atoms with Crippen LogP contribution < -0.4 is 10.2 Å². The first kappa shape index (κ1) is 22.2. The molecule has 33 heavy (non-hydrogen) atoms. The highest BCUT2D eigenvalue weighted by atomic mass is 32.2. The largest absolute Gasteiger partial charge is 0.495 e. The minimum absolute atomic E-state index is 0.0219. The summed E-state index contributed by atoms with van der Waals surface area (Å²) in [7, 11) is 1.67. The highest BCUT2D eigenvalue weighted by Crippen LogP contribution is 2.37. The number of aryl methyl sites for hydroxylation is 1. The number of benzene rings is 2. The monoisotopic (exact) mass is 478 g/mol. The van der Waals surface area contributed by atoms with Crippen molar-refractivity contribution in [1.29, 1.82) is 0 Å². The van der Waals surface area contributed by atoms with E-state index in [9.17, 15) is 4.79 Å². The normalized spacial score (nSPS) is 14.9. The number of nitrogens with zero attached hydrogens (tertiary/aromatic N) is 2. The molecule has 0 unspecified atom stereocenters. The van der Waals surface area contributed by atoms with Crippen LogP contribution in [0.3, 0.4) is 0 Å². The number of ether oxygens (including phenoxy) is 2. The van der Waals surface area contributed by atoms with Gasteiger partial charge in [0, 0.05) is 22.6 Å². The molecular weight excluding hydrogens is 452 g/mol. The molecule has 7 heteroatoms. The number of imidazole rings is 1. The molecule has 0 bridgehead atoms. The van der Waals surface area contributed by atoms with Crippen molar-refractivity contribution in [3.63, 3.8) is 0 Å². The van der Waals surface area contributed by atoms with E-state index in [1.54, 1.807) is 30.2 Å². The number of hydrogen-bond donors (Lipinski definition) is 0. The molecule has 0 N–H and O–H groups in total. The summed E-state index contributed by atoms with van der Waals surface area (Å²) >= 11 is 3.27. The lowest BCUT2D eigenvalue weighted by molar-refractivity contribution is -0.0386. The summed E-state index contributed by atoms with van der Waals surface area (Å²) in [6.45, 7) is 4.51. The number of fused-ring (bicyclic) bond motifs is 2. The molecule has 2 aromatic heterocycles. The van der Waals surface area contributed by atoms with Crippen molar-refractivity contribution in [2.24, 2.45) is 0 Å². The van der Waals surface area contributed by atoms with Crippen LogP contribution in [0.15, 0.2) is 64.5 Å². The second-order valence-electron chi connectivity index (χ2n) is 8.70. The zero-order valence-corrected chi connectivity index (χ0v) is 20.6. The zero-order valence-electron chi connectivity index (χ0n) is 19.0. The fourth-order valence-electron chi connectivity index (χ4n) is 4.14. The number of thioether (sulfide) groups is 1. The van der Waals surface area contributed by atoms with Crippen molar-refractivity contribution < 1.29 is 9.47 Å². The van der Waals surface area contributed by atoms with Crippen LogP contribution in [0.2, 0.25) is 0 Å². The van der Waals surface area contributed by atoms with E-state index in [-0.39, 0.29) is 11.0 Å². The molecule has 0 aliphatic carbocycles. The van der Waals surface area contributed by atoms with Crippen LogP contribution in [0.25, 0.3) is 16.0 Å². The van der Waals surface area contributed by atoms with Crippen LogP contribution in [-0.2, 0) is 24.2 Å². The molecule has 0 fully saturated rings. The van der Waals surface area contributed by atoms with Gasteiger partial charge in [-0.1, -0.05) is 54.2 Å². The van der Waals surface area contributed by atoms with Gasteiger partial charge in [-0.3, -0.25) is 9.36 Å². The summed E-state index contributed by atoms with van der Waals surface area (Å²) in [4.78, 5) is 20.3. The molecule has 3 heterocycles. The van der Waals surface area contributed by atoms with Crippen molar-refractivity contribution in [3.8, 4) is 11.4 Å². The van der Waals surface area contributed by atoms with Gasteiger partial charge in [-0.2, -0.15) is 0 Å². The Labute approximate surface area is 201 Å². The van der Waals surface area contributed by atoms with Gasteiger partial charge in [0.15, 0.2) is 5.16 Å². The summed E-state index contributed by atoms with van der Waals surface area (Å²) in [5, 5.41) is 0.807. The van der Waals surface area contributed by atoms with Gasteiger partial charge < -0.3 is 9.47 Å². The fourth-order valence-corrected chi connectivity index (χ4v) is 6.34. The highest BCUT2D eigenvalue weighted by molar-refractivity contribution is 7.99. The van der Waals surface area contributed by atoms with E-state index in [0.717, 1.165) is 44.0 Å². The lowest BCUT2D eigenvalue weighted by Gasteiger charge is -2.30. The summed E-state index contributed by atoms with van der Waals surface area (Å²) in [6.07, 6.45) is 1.53. The van der Waals surface area contributed by atoms with Gasteiger partial charge in [-0.25, -0.2) is 4.98 Å². The van der Waals surface area contributed by atoms with Gasteiger partial charge in [0.1, 0.15) is 16.1 Å². The molecule has 1 aliphatic rings. The van der Waals surface area contributed by atoms with E-state index < -0.39 is 0 Å². The minimum atomic E-state index is -0.342. The third kappa shape index (κ3) is 4.33. The number of hydrogen-bond acceptors (Lipinski definition) is 6. The van der Waals surface area contributed by atoms with Gasteiger partial charge in [-0.15, -0.1) is 11.3 Å². The first-order valence-corrected chi connectivity index (χ1v) is 12.8. The Hall–Kier alpha value is -2.61. The second-order valence-corrected chi connectivity index (χ2v) is 10.8. The Morgan fingerprint density at radius 3 is 2.70 bits per heavy atom. The van der Waals surface area contributed by atoms with E-state index in [1.165, 1.54) is 5.56 Å².